The lowest BCUT2D eigenvalue weighted by Crippen LogP contribution is -2.35. The van der Waals surface area contributed by atoms with Crippen molar-refractivity contribution in [3.05, 3.63) is 17.2 Å². The molecule has 1 fully saturated rings. The van der Waals surface area contributed by atoms with E-state index >= 15 is 0 Å². The topological polar surface area (TPSA) is 79.5 Å². The molecule has 0 spiro atoms. The van der Waals surface area contributed by atoms with Crippen LogP contribution in [0, 0.1) is 0 Å². The summed E-state index contributed by atoms with van der Waals surface area (Å²) >= 11 is 6.12. The SMILES string of the molecule is O=C1COc2cc(NC(=O)[C@@H]3CCCN3)c(Cl)cc2N1. The van der Waals surface area contributed by atoms with E-state index in [1.165, 1.54) is 0 Å². The van der Waals surface area contributed by atoms with Crippen LogP contribution in [0.1, 0.15) is 12.8 Å². The Balaban J connectivity index is 1.79. The van der Waals surface area contributed by atoms with Crippen LogP contribution < -0.4 is 20.7 Å². The number of halogens is 1. The highest BCUT2D eigenvalue weighted by molar-refractivity contribution is 6.34. The van der Waals surface area contributed by atoms with Gasteiger partial charge in [-0.15, -0.1) is 0 Å². The Labute approximate surface area is 120 Å². The molecule has 2 amide bonds. The summed E-state index contributed by atoms with van der Waals surface area (Å²) in [7, 11) is 0. The van der Waals surface area contributed by atoms with Crippen LogP contribution in [0.2, 0.25) is 5.02 Å². The summed E-state index contributed by atoms with van der Waals surface area (Å²) in [5.74, 6) is 0.174. The van der Waals surface area contributed by atoms with Crippen molar-refractivity contribution in [2.45, 2.75) is 18.9 Å². The first-order valence-corrected chi connectivity index (χ1v) is 6.82. The summed E-state index contributed by atoms with van der Waals surface area (Å²) in [4.78, 5) is 23.3. The Kier molecular flexibility index (Phi) is 3.50. The first-order valence-electron chi connectivity index (χ1n) is 6.44. The quantitative estimate of drug-likeness (QED) is 0.770. The lowest BCUT2D eigenvalue weighted by molar-refractivity contribution is -0.119. The molecule has 0 bridgehead atoms. The minimum atomic E-state index is -0.222. The summed E-state index contributed by atoms with van der Waals surface area (Å²) in [5, 5.41) is 8.93. The van der Waals surface area contributed by atoms with E-state index in [-0.39, 0.29) is 24.5 Å². The van der Waals surface area contributed by atoms with Gasteiger partial charge in [-0.25, -0.2) is 0 Å². The number of fused-ring (bicyclic) bond motifs is 1. The van der Waals surface area contributed by atoms with Gasteiger partial charge in [-0.2, -0.15) is 0 Å². The van der Waals surface area contributed by atoms with Crippen LogP contribution in [-0.2, 0) is 9.59 Å². The van der Waals surface area contributed by atoms with Gasteiger partial charge in [0, 0.05) is 6.07 Å². The van der Waals surface area contributed by atoms with Gasteiger partial charge < -0.3 is 20.7 Å². The number of rotatable bonds is 2. The zero-order chi connectivity index (χ0) is 14.1. The molecule has 3 rings (SSSR count). The average Bonchev–Trinajstić information content (AvgIpc) is 2.94. The number of amides is 2. The van der Waals surface area contributed by atoms with Crippen molar-refractivity contribution in [2.75, 3.05) is 23.8 Å². The predicted molar refractivity (Wildman–Crippen MR) is 75.2 cm³/mol. The maximum absolute atomic E-state index is 12.0. The van der Waals surface area contributed by atoms with E-state index in [1.807, 2.05) is 0 Å². The summed E-state index contributed by atoms with van der Waals surface area (Å²) in [6, 6.07) is 3.03. The molecule has 3 N–H and O–H groups in total. The summed E-state index contributed by atoms with van der Waals surface area (Å²) in [5.41, 5.74) is 1.00. The number of carbonyl (C=O) groups excluding carboxylic acids is 2. The third-order valence-corrected chi connectivity index (χ3v) is 3.65. The van der Waals surface area contributed by atoms with Crippen LogP contribution in [-0.4, -0.2) is 31.0 Å². The van der Waals surface area contributed by atoms with Crippen LogP contribution in [0.15, 0.2) is 12.1 Å². The standard InChI is InChI=1S/C13H14ClN3O3/c14-7-4-10-11(20-6-12(18)16-10)5-9(7)17-13(19)8-2-1-3-15-8/h4-5,8,15H,1-3,6H2,(H,16,18)(H,17,19)/t8-/m0/s1. The van der Waals surface area contributed by atoms with Gasteiger partial charge in [-0.05, 0) is 25.5 Å². The molecule has 1 saturated heterocycles. The van der Waals surface area contributed by atoms with Gasteiger partial charge in [0.05, 0.1) is 22.4 Å². The predicted octanol–water partition coefficient (Wildman–Crippen LogP) is 1.36. The van der Waals surface area contributed by atoms with Crippen LogP contribution in [0.25, 0.3) is 0 Å². The molecule has 20 heavy (non-hydrogen) atoms. The van der Waals surface area contributed by atoms with Crippen molar-refractivity contribution >= 4 is 34.8 Å². The van der Waals surface area contributed by atoms with Gasteiger partial charge in [-0.3, -0.25) is 9.59 Å². The first-order chi connectivity index (χ1) is 9.63. The Bertz CT molecular complexity index is 570. The minimum absolute atomic E-state index is 0.0355. The zero-order valence-electron chi connectivity index (χ0n) is 10.7. The van der Waals surface area contributed by atoms with Crippen LogP contribution in [0.5, 0.6) is 5.75 Å². The van der Waals surface area contributed by atoms with Crippen molar-refractivity contribution in [3.8, 4) is 5.75 Å². The van der Waals surface area contributed by atoms with Crippen molar-refractivity contribution in [3.63, 3.8) is 0 Å². The second-order valence-electron chi connectivity index (χ2n) is 4.80. The van der Waals surface area contributed by atoms with Gasteiger partial charge in [0.2, 0.25) is 5.91 Å². The Morgan fingerprint density at radius 3 is 3.05 bits per heavy atom. The van der Waals surface area contributed by atoms with Gasteiger partial charge in [0.15, 0.2) is 6.61 Å². The third-order valence-electron chi connectivity index (χ3n) is 3.34. The minimum Gasteiger partial charge on any atom is -0.482 e. The molecule has 1 atom stereocenters. The second kappa shape index (κ2) is 5.30. The van der Waals surface area contributed by atoms with E-state index in [0.29, 0.717) is 22.1 Å². The fourth-order valence-corrected chi connectivity index (χ4v) is 2.53. The first kappa shape index (κ1) is 13.2. The zero-order valence-corrected chi connectivity index (χ0v) is 11.4. The molecule has 0 saturated carbocycles. The third kappa shape index (κ3) is 2.57. The van der Waals surface area contributed by atoms with E-state index in [4.69, 9.17) is 16.3 Å². The molecular weight excluding hydrogens is 282 g/mol. The normalized spacial score (nSPS) is 20.9. The lowest BCUT2D eigenvalue weighted by Gasteiger charge is -2.20. The molecule has 2 aliphatic heterocycles. The lowest BCUT2D eigenvalue weighted by atomic mass is 10.2. The number of anilines is 2. The van der Waals surface area contributed by atoms with Crippen molar-refractivity contribution in [2.24, 2.45) is 0 Å². The molecule has 0 aliphatic carbocycles. The van der Waals surface area contributed by atoms with Gasteiger partial charge in [0.1, 0.15) is 5.75 Å². The molecule has 6 nitrogen and oxygen atoms in total. The largest absolute Gasteiger partial charge is 0.482 e. The number of ether oxygens (including phenoxy) is 1. The van der Waals surface area contributed by atoms with Gasteiger partial charge >= 0.3 is 0 Å². The van der Waals surface area contributed by atoms with E-state index < -0.39 is 0 Å². The van der Waals surface area contributed by atoms with Crippen molar-refractivity contribution in [1.82, 2.24) is 5.32 Å². The Morgan fingerprint density at radius 2 is 2.30 bits per heavy atom. The van der Waals surface area contributed by atoms with E-state index in [0.717, 1.165) is 19.4 Å². The highest BCUT2D eigenvalue weighted by Crippen LogP contribution is 2.36. The maximum atomic E-state index is 12.0. The molecule has 0 radical (unpaired) electrons. The molecule has 1 aromatic carbocycles. The molecule has 106 valence electrons. The van der Waals surface area contributed by atoms with Gasteiger partial charge in [0.25, 0.3) is 5.91 Å². The number of hydrogen-bond acceptors (Lipinski definition) is 4. The number of hydrogen-bond donors (Lipinski definition) is 3. The Hall–Kier alpha value is -1.79. The van der Waals surface area contributed by atoms with Crippen LogP contribution in [0.3, 0.4) is 0 Å². The molecule has 7 heteroatoms. The number of carbonyl (C=O) groups is 2. The highest BCUT2D eigenvalue weighted by Gasteiger charge is 2.24. The van der Waals surface area contributed by atoms with Gasteiger partial charge in [-0.1, -0.05) is 11.6 Å². The van der Waals surface area contributed by atoms with Crippen LogP contribution in [0.4, 0.5) is 11.4 Å². The van der Waals surface area contributed by atoms with E-state index in [2.05, 4.69) is 16.0 Å². The molecule has 0 unspecified atom stereocenters. The number of nitrogens with one attached hydrogen (secondary N) is 3. The number of benzene rings is 1. The fourth-order valence-electron chi connectivity index (χ4n) is 2.32. The summed E-state index contributed by atoms with van der Waals surface area (Å²) in [6.07, 6.45) is 1.81. The van der Waals surface area contributed by atoms with E-state index in [9.17, 15) is 9.59 Å². The summed E-state index contributed by atoms with van der Waals surface area (Å²) < 4.78 is 5.30. The fraction of sp³-hybridized carbons (Fsp3) is 0.385. The average molecular weight is 296 g/mol. The highest BCUT2D eigenvalue weighted by atomic mass is 35.5. The van der Waals surface area contributed by atoms with Crippen molar-refractivity contribution in [1.29, 1.82) is 0 Å². The van der Waals surface area contributed by atoms with E-state index in [1.54, 1.807) is 12.1 Å². The Morgan fingerprint density at radius 1 is 1.45 bits per heavy atom. The molecule has 1 aromatic rings. The molecule has 2 heterocycles. The maximum Gasteiger partial charge on any atom is 0.262 e. The monoisotopic (exact) mass is 295 g/mol. The molecule has 2 aliphatic rings. The second-order valence-corrected chi connectivity index (χ2v) is 5.21. The smallest absolute Gasteiger partial charge is 0.262 e. The molecule has 0 aromatic heterocycles. The summed E-state index contributed by atoms with van der Waals surface area (Å²) in [6.45, 7) is 0.817. The molecular formula is C13H14ClN3O3. The van der Waals surface area contributed by atoms with Crippen molar-refractivity contribution < 1.29 is 14.3 Å². The van der Waals surface area contributed by atoms with Crippen LogP contribution >= 0.6 is 11.6 Å².